The van der Waals surface area contributed by atoms with Gasteiger partial charge in [0.15, 0.2) is 0 Å². The molecule has 0 unspecified atom stereocenters. The third-order valence-electron chi connectivity index (χ3n) is 3.86. The molecule has 0 spiro atoms. The van der Waals surface area contributed by atoms with E-state index < -0.39 is 0 Å². The van der Waals surface area contributed by atoms with Gasteiger partial charge in [-0.25, -0.2) is 9.97 Å². The van der Waals surface area contributed by atoms with Gasteiger partial charge < -0.3 is 16.0 Å². The summed E-state index contributed by atoms with van der Waals surface area (Å²) in [4.78, 5) is 25.3. The Kier molecular flexibility index (Phi) is 3.96. The van der Waals surface area contributed by atoms with Gasteiger partial charge in [-0.15, -0.1) is 0 Å². The predicted molar refractivity (Wildman–Crippen MR) is 95.8 cm³/mol. The molecule has 3 heterocycles. The maximum absolute atomic E-state index is 12.3. The molecule has 0 saturated carbocycles. The van der Waals surface area contributed by atoms with Crippen molar-refractivity contribution >= 4 is 23.2 Å². The van der Waals surface area contributed by atoms with E-state index in [1.165, 1.54) is 0 Å². The summed E-state index contributed by atoms with van der Waals surface area (Å²) < 4.78 is 0. The molecule has 1 aromatic carbocycles. The number of hydrogen-bond acceptors (Lipinski definition) is 6. The normalized spacial score (nSPS) is 13.5. The van der Waals surface area contributed by atoms with Crippen molar-refractivity contribution in [3.8, 4) is 11.3 Å². The van der Waals surface area contributed by atoms with Gasteiger partial charge in [-0.3, -0.25) is 9.78 Å². The minimum atomic E-state index is -0.122. The molecule has 4 rings (SSSR count). The fourth-order valence-corrected chi connectivity index (χ4v) is 2.67. The van der Waals surface area contributed by atoms with Crippen LogP contribution >= 0.6 is 0 Å². The third-order valence-corrected chi connectivity index (χ3v) is 3.86. The minimum Gasteiger partial charge on any atom is -0.381 e. The molecule has 1 aliphatic rings. The zero-order valence-electron chi connectivity index (χ0n) is 13.4. The van der Waals surface area contributed by atoms with Gasteiger partial charge in [-0.2, -0.15) is 0 Å². The van der Waals surface area contributed by atoms with Gasteiger partial charge in [0.1, 0.15) is 0 Å². The summed E-state index contributed by atoms with van der Waals surface area (Å²) in [7, 11) is 0. The smallest absolute Gasteiger partial charge is 0.251 e. The van der Waals surface area contributed by atoms with Gasteiger partial charge in [0.25, 0.3) is 5.91 Å². The van der Waals surface area contributed by atoms with E-state index in [2.05, 4.69) is 30.9 Å². The first-order valence-electron chi connectivity index (χ1n) is 7.96. The minimum absolute atomic E-state index is 0.122. The SMILES string of the molecule is O=C1NCCNc2cnccc2-c2ccnc(n2)Nc2cccc1c2. The van der Waals surface area contributed by atoms with E-state index in [1.807, 2.05) is 24.3 Å². The number of fused-ring (bicyclic) bond motifs is 6. The maximum Gasteiger partial charge on any atom is 0.251 e. The number of rotatable bonds is 0. The zero-order valence-corrected chi connectivity index (χ0v) is 13.4. The van der Waals surface area contributed by atoms with Crippen molar-refractivity contribution in [2.24, 2.45) is 0 Å². The van der Waals surface area contributed by atoms with Crippen LogP contribution in [0.1, 0.15) is 10.4 Å². The lowest BCUT2D eigenvalue weighted by molar-refractivity contribution is 0.0955. The first-order valence-corrected chi connectivity index (χ1v) is 7.96. The highest BCUT2D eigenvalue weighted by molar-refractivity contribution is 5.95. The highest BCUT2D eigenvalue weighted by Crippen LogP contribution is 2.26. The number of aromatic nitrogens is 3. The molecule has 0 aliphatic carbocycles. The van der Waals surface area contributed by atoms with Gasteiger partial charge >= 0.3 is 0 Å². The summed E-state index contributed by atoms with van der Waals surface area (Å²) in [6.45, 7) is 1.08. The van der Waals surface area contributed by atoms with Crippen molar-refractivity contribution in [2.45, 2.75) is 0 Å². The van der Waals surface area contributed by atoms with Gasteiger partial charge in [-0.1, -0.05) is 6.07 Å². The number of hydrogen-bond donors (Lipinski definition) is 3. The fourth-order valence-electron chi connectivity index (χ4n) is 2.67. The van der Waals surface area contributed by atoms with Crippen LogP contribution in [0.5, 0.6) is 0 Å². The Morgan fingerprint density at radius 3 is 2.88 bits per heavy atom. The Labute approximate surface area is 144 Å². The van der Waals surface area contributed by atoms with Gasteiger partial charge in [0, 0.05) is 42.3 Å². The van der Waals surface area contributed by atoms with E-state index >= 15 is 0 Å². The number of pyridine rings is 1. The summed E-state index contributed by atoms with van der Waals surface area (Å²) in [5.74, 6) is 0.346. The van der Waals surface area contributed by atoms with Crippen molar-refractivity contribution < 1.29 is 4.79 Å². The topological polar surface area (TPSA) is 91.8 Å². The van der Waals surface area contributed by atoms with Crippen LogP contribution in [-0.2, 0) is 0 Å². The van der Waals surface area contributed by atoms with Crippen molar-refractivity contribution in [1.82, 2.24) is 20.3 Å². The number of benzene rings is 1. The van der Waals surface area contributed by atoms with Crippen LogP contribution in [0.3, 0.4) is 0 Å². The van der Waals surface area contributed by atoms with E-state index in [4.69, 9.17) is 0 Å². The summed E-state index contributed by atoms with van der Waals surface area (Å²) in [5, 5.41) is 9.35. The molecular weight excluding hydrogens is 316 g/mol. The molecule has 25 heavy (non-hydrogen) atoms. The van der Waals surface area contributed by atoms with Crippen LogP contribution < -0.4 is 16.0 Å². The van der Waals surface area contributed by atoms with E-state index in [-0.39, 0.29) is 5.91 Å². The molecule has 3 aromatic rings. The number of carbonyl (C=O) groups excluding carboxylic acids is 1. The van der Waals surface area contributed by atoms with Crippen molar-refractivity contribution in [1.29, 1.82) is 0 Å². The first-order chi connectivity index (χ1) is 12.3. The molecule has 0 saturated heterocycles. The summed E-state index contributed by atoms with van der Waals surface area (Å²) in [6.07, 6.45) is 5.18. The lowest BCUT2D eigenvalue weighted by atomic mass is 10.1. The van der Waals surface area contributed by atoms with Gasteiger partial charge in [0.05, 0.1) is 17.6 Å². The predicted octanol–water partition coefficient (Wildman–Crippen LogP) is 2.44. The van der Waals surface area contributed by atoms with Crippen LogP contribution in [0.25, 0.3) is 11.3 Å². The van der Waals surface area contributed by atoms with E-state index in [0.717, 1.165) is 22.6 Å². The number of nitrogens with zero attached hydrogens (tertiary/aromatic N) is 3. The number of nitrogens with one attached hydrogen (secondary N) is 3. The highest BCUT2D eigenvalue weighted by atomic mass is 16.1. The molecule has 124 valence electrons. The second-order valence-electron chi connectivity index (χ2n) is 5.58. The molecule has 3 N–H and O–H groups in total. The standard InChI is InChI=1S/C18H16N6O/c25-17-12-2-1-3-13(10-12)23-18-22-7-5-15(24-18)14-4-6-19-11-16(14)20-8-9-21-17/h1-7,10-11,20H,8-9H2,(H,21,25)(H,22,23,24). The van der Waals surface area contributed by atoms with Crippen LogP contribution in [0, 0.1) is 0 Å². The molecule has 7 heteroatoms. The average Bonchev–Trinajstić information content (AvgIpc) is 2.65. The zero-order chi connectivity index (χ0) is 17.1. The lowest BCUT2D eigenvalue weighted by Gasteiger charge is -2.14. The molecule has 1 aliphatic heterocycles. The molecule has 1 amide bonds. The Bertz CT molecular complexity index is 927. The quantitative estimate of drug-likeness (QED) is 0.586. The molecule has 7 nitrogen and oxygen atoms in total. The van der Waals surface area contributed by atoms with Crippen molar-refractivity contribution in [3.63, 3.8) is 0 Å². The molecule has 0 radical (unpaired) electrons. The Morgan fingerprint density at radius 2 is 1.92 bits per heavy atom. The van der Waals surface area contributed by atoms with Crippen molar-refractivity contribution in [2.75, 3.05) is 23.7 Å². The van der Waals surface area contributed by atoms with Crippen LogP contribution in [0.2, 0.25) is 0 Å². The summed E-state index contributed by atoms with van der Waals surface area (Å²) in [6, 6.07) is 11.0. The van der Waals surface area contributed by atoms with Crippen LogP contribution in [0.15, 0.2) is 55.0 Å². The molecule has 0 fully saturated rings. The van der Waals surface area contributed by atoms with Gasteiger partial charge in [0.2, 0.25) is 5.95 Å². The maximum atomic E-state index is 12.3. The van der Waals surface area contributed by atoms with Crippen LogP contribution in [-0.4, -0.2) is 33.9 Å². The number of amides is 1. The summed E-state index contributed by atoms with van der Waals surface area (Å²) in [5.41, 5.74) is 3.92. The monoisotopic (exact) mass is 332 g/mol. The Balaban J connectivity index is 1.79. The van der Waals surface area contributed by atoms with E-state index in [9.17, 15) is 4.79 Å². The number of carbonyl (C=O) groups is 1. The largest absolute Gasteiger partial charge is 0.381 e. The van der Waals surface area contributed by atoms with Crippen molar-refractivity contribution in [3.05, 3.63) is 60.6 Å². The Hall–Kier alpha value is -3.48. The van der Waals surface area contributed by atoms with E-state index in [1.54, 1.807) is 30.7 Å². The number of anilines is 3. The molecule has 4 bridgehead atoms. The molecular formula is C18H16N6O. The highest BCUT2D eigenvalue weighted by Gasteiger charge is 2.11. The fraction of sp³-hybridized carbons (Fsp3) is 0.111. The van der Waals surface area contributed by atoms with Gasteiger partial charge in [-0.05, 0) is 30.3 Å². The molecule has 2 aromatic heterocycles. The molecule has 0 atom stereocenters. The van der Waals surface area contributed by atoms with E-state index in [0.29, 0.717) is 24.6 Å². The lowest BCUT2D eigenvalue weighted by Crippen LogP contribution is -2.29. The Morgan fingerprint density at radius 1 is 1.00 bits per heavy atom. The third kappa shape index (κ3) is 3.25. The summed E-state index contributed by atoms with van der Waals surface area (Å²) >= 11 is 0. The average molecular weight is 332 g/mol. The second kappa shape index (κ2) is 6.56. The first kappa shape index (κ1) is 15.1. The second-order valence-corrected chi connectivity index (χ2v) is 5.58. The van der Waals surface area contributed by atoms with Crippen LogP contribution in [0.4, 0.5) is 17.3 Å².